The second-order valence-corrected chi connectivity index (χ2v) is 6.17. The number of rotatable bonds is 4. The molecule has 2 nitrogen and oxygen atoms in total. The van der Waals surface area contributed by atoms with Crippen LogP contribution in [0.15, 0.2) is 84.9 Å². The Bertz CT molecular complexity index is 806. The fourth-order valence-corrected chi connectivity index (χ4v) is 2.89. The average Bonchev–Trinajstić information content (AvgIpc) is 2.61. The van der Waals surface area contributed by atoms with Crippen LogP contribution in [0.25, 0.3) is 0 Å². The Morgan fingerprint density at radius 2 is 1.54 bits per heavy atom. The fourth-order valence-electron chi connectivity index (χ4n) is 2.41. The first-order valence-electron chi connectivity index (χ1n) is 7.65. The number of benzene rings is 3. The van der Waals surface area contributed by atoms with E-state index in [4.69, 9.17) is 23.8 Å². The van der Waals surface area contributed by atoms with Crippen LogP contribution in [-0.2, 0) is 6.54 Å². The lowest BCUT2D eigenvalue weighted by atomic mass is 10.2. The SMILES string of the molecule is S=C(Nc1cccc(Cl)c1)N(Cc1ccccc1)c1ccccc1. The maximum atomic E-state index is 6.06. The zero-order valence-electron chi connectivity index (χ0n) is 13.0. The molecule has 0 aliphatic heterocycles. The second-order valence-electron chi connectivity index (χ2n) is 5.35. The number of anilines is 2. The quantitative estimate of drug-likeness (QED) is 0.602. The molecular formula is C20H17ClN2S. The Kier molecular flexibility index (Phi) is 5.47. The minimum atomic E-state index is 0.632. The van der Waals surface area contributed by atoms with Gasteiger partial charge in [0.25, 0.3) is 0 Å². The van der Waals surface area contributed by atoms with Gasteiger partial charge in [0.05, 0.1) is 6.54 Å². The number of hydrogen-bond donors (Lipinski definition) is 1. The Hall–Kier alpha value is -2.36. The van der Waals surface area contributed by atoms with Crippen molar-refractivity contribution in [3.8, 4) is 0 Å². The van der Waals surface area contributed by atoms with Crippen LogP contribution in [0.1, 0.15) is 5.56 Å². The van der Waals surface area contributed by atoms with Crippen LogP contribution in [-0.4, -0.2) is 5.11 Å². The first-order valence-corrected chi connectivity index (χ1v) is 8.44. The molecule has 120 valence electrons. The normalized spacial score (nSPS) is 10.2. The zero-order chi connectivity index (χ0) is 16.8. The predicted molar refractivity (Wildman–Crippen MR) is 107 cm³/mol. The molecule has 24 heavy (non-hydrogen) atoms. The highest BCUT2D eigenvalue weighted by molar-refractivity contribution is 7.80. The van der Waals surface area contributed by atoms with E-state index in [0.717, 1.165) is 11.4 Å². The van der Waals surface area contributed by atoms with E-state index < -0.39 is 0 Å². The van der Waals surface area contributed by atoms with Gasteiger partial charge >= 0.3 is 0 Å². The lowest BCUT2D eigenvalue weighted by Crippen LogP contribution is -2.34. The van der Waals surface area contributed by atoms with Gasteiger partial charge in [-0.05, 0) is 48.1 Å². The van der Waals surface area contributed by atoms with E-state index >= 15 is 0 Å². The number of nitrogens with one attached hydrogen (secondary N) is 1. The summed E-state index contributed by atoms with van der Waals surface area (Å²) in [4.78, 5) is 2.07. The lowest BCUT2D eigenvalue weighted by Gasteiger charge is -2.26. The molecular weight excluding hydrogens is 336 g/mol. The summed E-state index contributed by atoms with van der Waals surface area (Å²) in [6.07, 6.45) is 0. The standard InChI is InChI=1S/C20H17ClN2S/c21-17-10-7-11-18(14-17)22-20(24)23(19-12-5-2-6-13-19)15-16-8-3-1-4-9-16/h1-14H,15H2,(H,22,24). The first-order chi connectivity index (χ1) is 11.7. The molecule has 0 saturated carbocycles. The molecule has 0 fully saturated rings. The minimum Gasteiger partial charge on any atom is -0.332 e. The smallest absolute Gasteiger partial charge is 0.178 e. The van der Waals surface area contributed by atoms with Crippen LogP contribution in [0.3, 0.4) is 0 Å². The van der Waals surface area contributed by atoms with E-state index in [2.05, 4.69) is 34.5 Å². The third kappa shape index (κ3) is 4.34. The van der Waals surface area contributed by atoms with Gasteiger partial charge in [0, 0.05) is 16.4 Å². The van der Waals surface area contributed by atoms with Gasteiger partial charge in [-0.25, -0.2) is 0 Å². The van der Waals surface area contributed by atoms with Crippen LogP contribution in [0.4, 0.5) is 11.4 Å². The Morgan fingerprint density at radius 3 is 2.21 bits per heavy atom. The molecule has 0 spiro atoms. The third-order valence-corrected chi connectivity index (χ3v) is 4.13. The molecule has 0 aliphatic rings. The number of thiocarbonyl (C=S) groups is 1. The van der Waals surface area contributed by atoms with Crippen molar-refractivity contribution in [2.24, 2.45) is 0 Å². The largest absolute Gasteiger partial charge is 0.332 e. The van der Waals surface area contributed by atoms with Crippen LogP contribution in [0, 0.1) is 0 Å². The summed E-state index contributed by atoms with van der Waals surface area (Å²) >= 11 is 11.7. The molecule has 3 rings (SSSR count). The first kappa shape index (κ1) is 16.5. The van der Waals surface area contributed by atoms with E-state index in [1.807, 2.05) is 60.7 Å². The summed E-state index contributed by atoms with van der Waals surface area (Å²) in [7, 11) is 0. The second kappa shape index (κ2) is 7.95. The molecule has 3 aromatic carbocycles. The fraction of sp³-hybridized carbons (Fsp3) is 0.0500. The average molecular weight is 353 g/mol. The molecule has 1 N–H and O–H groups in total. The topological polar surface area (TPSA) is 15.3 Å². The summed E-state index contributed by atoms with van der Waals surface area (Å²) in [5, 5.41) is 4.58. The summed E-state index contributed by atoms with van der Waals surface area (Å²) in [6, 6.07) is 27.9. The predicted octanol–water partition coefficient (Wildman–Crippen LogP) is 5.74. The number of halogens is 1. The van der Waals surface area contributed by atoms with Gasteiger partial charge in [-0.15, -0.1) is 0 Å². The van der Waals surface area contributed by atoms with Crippen molar-refractivity contribution in [3.63, 3.8) is 0 Å². The van der Waals surface area contributed by atoms with Crippen molar-refractivity contribution in [1.82, 2.24) is 0 Å². The molecule has 0 aromatic heterocycles. The Morgan fingerprint density at radius 1 is 0.875 bits per heavy atom. The lowest BCUT2D eigenvalue weighted by molar-refractivity contribution is 1.01. The summed E-state index contributed by atoms with van der Waals surface area (Å²) in [5.74, 6) is 0. The van der Waals surface area contributed by atoms with Crippen molar-refractivity contribution < 1.29 is 0 Å². The number of para-hydroxylation sites is 1. The van der Waals surface area contributed by atoms with Crippen molar-refractivity contribution in [2.45, 2.75) is 6.54 Å². The molecule has 0 amide bonds. The highest BCUT2D eigenvalue weighted by atomic mass is 35.5. The van der Waals surface area contributed by atoms with Crippen LogP contribution in [0.5, 0.6) is 0 Å². The van der Waals surface area contributed by atoms with E-state index in [9.17, 15) is 0 Å². The van der Waals surface area contributed by atoms with Crippen LogP contribution in [0.2, 0.25) is 5.02 Å². The molecule has 0 saturated heterocycles. The van der Waals surface area contributed by atoms with Crippen molar-refractivity contribution in [3.05, 3.63) is 95.5 Å². The summed E-state index contributed by atoms with van der Waals surface area (Å²) in [5.41, 5.74) is 3.11. The van der Waals surface area contributed by atoms with Gasteiger partial charge in [0.1, 0.15) is 0 Å². The van der Waals surface area contributed by atoms with E-state index in [-0.39, 0.29) is 0 Å². The van der Waals surface area contributed by atoms with E-state index in [0.29, 0.717) is 16.7 Å². The van der Waals surface area contributed by atoms with Gasteiger partial charge in [-0.3, -0.25) is 0 Å². The highest BCUT2D eigenvalue weighted by Gasteiger charge is 2.13. The van der Waals surface area contributed by atoms with Crippen molar-refractivity contribution in [2.75, 3.05) is 10.2 Å². The van der Waals surface area contributed by atoms with Crippen molar-refractivity contribution in [1.29, 1.82) is 0 Å². The minimum absolute atomic E-state index is 0.632. The number of nitrogens with zero attached hydrogens (tertiary/aromatic N) is 1. The van der Waals surface area contributed by atoms with Gasteiger partial charge in [0.15, 0.2) is 5.11 Å². The van der Waals surface area contributed by atoms with E-state index in [1.165, 1.54) is 5.56 Å². The van der Waals surface area contributed by atoms with E-state index in [1.54, 1.807) is 0 Å². The zero-order valence-corrected chi connectivity index (χ0v) is 14.6. The number of hydrogen-bond acceptors (Lipinski definition) is 1. The van der Waals surface area contributed by atoms with Gasteiger partial charge in [-0.2, -0.15) is 0 Å². The molecule has 0 bridgehead atoms. The van der Waals surface area contributed by atoms with Crippen LogP contribution < -0.4 is 10.2 Å². The van der Waals surface area contributed by atoms with Crippen molar-refractivity contribution >= 4 is 40.3 Å². The third-order valence-electron chi connectivity index (χ3n) is 3.57. The maximum absolute atomic E-state index is 6.06. The summed E-state index contributed by atoms with van der Waals surface area (Å²) < 4.78 is 0. The highest BCUT2D eigenvalue weighted by Crippen LogP contribution is 2.20. The van der Waals surface area contributed by atoms with Crippen LogP contribution >= 0.6 is 23.8 Å². The molecule has 4 heteroatoms. The van der Waals surface area contributed by atoms with Gasteiger partial charge in [0.2, 0.25) is 0 Å². The maximum Gasteiger partial charge on any atom is 0.178 e. The molecule has 0 atom stereocenters. The Labute approximate surface area is 152 Å². The molecule has 0 heterocycles. The van der Waals surface area contributed by atoms with Gasteiger partial charge in [-0.1, -0.05) is 66.2 Å². The Balaban J connectivity index is 1.85. The molecule has 0 aliphatic carbocycles. The molecule has 3 aromatic rings. The monoisotopic (exact) mass is 352 g/mol. The molecule has 0 unspecified atom stereocenters. The molecule has 0 radical (unpaired) electrons. The summed E-state index contributed by atoms with van der Waals surface area (Å²) in [6.45, 7) is 0.692. The van der Waals surface area contributed by atoms with Gasteiger partial charge < -0.3 is 10.2 Å².